The number of aliphatic hydroxyl groups is 1. The molecule has 2 atom stereocenters. The van der Waals surface area contributed by atoms with Gasteiger partial charge in [0.2, 0.25) is 0 Å². The number of aromatic nitrogens is 1. The molecule has 0 spiro atoms. The minimum Gasteiger partial charge on any atom is -0.394 e. The van der Waals surface area contributed by atoms with Crippen LogP contribution in [-0.2, 0) is 6.42 Å². The normalized spacial score (nSPS) is 13.2. The lowest BCUT2D eigenvalue weighted by atomic mass is 10.1. The van der Waals surface area contributed by atoms with Crippen LogP contribution in [0.1, 0.15) is 24.1 Å². The van der Waals surface area contributed by atoms with Crippen LogP contribution in [0.15, 0.2) is 48.8 Å². The van der Waals surface area contributed by atoms with Gasteiger partial charge in [0.25, 0.3) is 0 Å². The quantitative estimate of drug-likeness (QED) is 0.764. The molecule has 0 aliphatic carbocycles. The molecule has 2 aromatic rings. The van der Waals surface area contributed by atoms with Crippen LogP contribution in [0.3, 0.4) is 0 Å². The lowest BCUT2D eigenvalue weighted by Crippen LogP contribution is -2.45. The third kappa shape index (κ3) is 5.34. The van der Waals surface area contributed by atoms with E-state index >= 15 is 0 Å². The van der Waals surface area contributed by atoms with Gasteiger partial charge in [0.15, 0.2) is 0 Å². The molecule has 2 rings (SSSR count). The fourth-order valence-corrected chi connectivity index (χ4v) is 2.23. The second kappa shape index (κ2) is 8.24. The van der Waals surface area contributed by atoms with Gasteiger partial charge in [-0.15, -0.1) is 0 Å². The highest BCUT2D eigenvalue weighted by atomic mass is 19.1. The van der Waals surface area contributed by atoms with Crippen LogP contribution in [0.2, 0.25) is 0 Å². The van der Waals surface area contributed by atoms with Gasteiger partial charge < -0.3 is 15.7 Å². The number of amides is 2. The molecule has 122 valence electrons. The smallest absolute Gasteiger partial charge is 0.315 e. The third-order valence-corrected chi connectivity index (χ3v) is 3.45. The van der Waals surface area contributed by atoms with E-state index in [1.54, 1.807) is 6.92 Å². The van der Waals surface area contributed by atoms with Gasteiger partial charge in [0, 0.05) is 6.20 Å². The summed E-state index contributed by atoms with van der Waals surface area (Å²) >= 11 is 0. The van der Waals surface area contributed by atoms with Gasteiger partial charge in [-0.25, -0.2) is 9.18 Å². The molecule has 0 saturated carbocycles. The number of hydrogen-bond acceptors (Lipinski definition) is 3. The molecule has 1 unspecified atom stereocenters. The van der Waals surface area contributed by atoms with E-state index in [1.165, 1.54) is 12.3 Å². The second-order valence-corrected chi connectivity index (χ2v) is 5.35. The molecule has 0 fully saturated rings. The van der Waals surface area contributed by atoms with Crippen molar-refractivity contribution in [3.8, 4) is 0 Å². The van der Waals surface area contributed by atoms with E-state index in [9.17, 15) is 14.3 Å². The number of pyridine rings is 1. The van der Waals surface area contributed by atoms with Gasteiger partial charge in [-0.05, 0) is 30.5 Å². The Balaban J connectivity index is 1.89. The monoisotopic (exact) mass is 317 g/mol. The summed E-state index contributed by atoms with van der Waals surface area (Å²) in [6, 6.07) is 9.71. The Morgan fingerprint density at radius 1 is 1.26 bits per heavy atom. The average molecular weight is 317 g/mol. The van der Waals surface area contributed by atoms with E-state index in [2.05, 4.69) is 15.6 Å². The van der Waals surface area contributed by atoms with Crippen molar-refractivity contribution in [3.63, 3.8) is 0 Å². The highest BCUT2D eigenvalue weighted by molar-refractivity contribution is 5.74. The van der Waals surface area contributed by atoms with E-state index in [0.29, 0.717) is 12.0 Å². The Labute approximate surface area is 134 Å². The highest BCUT2D eigenvalue weighted by Gasteiger charge is 2.15. The minimum atomic E-state index is -0.450. The maximum atomic E-state index is 13.1. The van der Waals surface area contributed by atoms with Crippen LogP contribution in [0.25, 0.3) is 0 Å². The van der Waals surface area contributed by atoms with Gasteiger partial charge >= 0.3 is 6.03 Å². The molecule has 1 heterocycles. The maximum Gasteiger partial charge on any atom is 0.315 e. The van der Waals surface area contributed by atoms with Gasteiger partial charge in [-0.3, -0.25) is 4.98 Å². The maximum absolute atomic E-state index is 13.1. The molecular formula is C17H20FN3O2. The number of hydrogen-bond donors (Lipinski definition) is 3. The number of nitrogens with one attached hydrogen (secondary N) is 2. The van der Waals surface area contributed by atoms with Crippen LogP contribution in [0.4, 0.5) is 9.18 Å². The van der Waals surface area contributed by atoms with Crippen molar-refractivity contribution in [1.29, 1.82) is 0 Å². The zero-order chi connectivity index (χ0) is 16.7. The Morgan fingerprint density at radius 2 is 2.00 bits per heavy atom. The first-order valence-corrected chi connectivity index (χ1v) is 7.40. The Kier molecular flexibility index (Phi) is 6.05. The molecule has 6 heteroatoms. The fraction of sp³-hybridized carbons (Fsp3) is 0.294. The van der Waals surface area contributed by atoms with Gasteiger partial charge in [0.05, 0.1) is 24.9 Å². The van der Waals surface area contributed by atoms with Crippen LogP contribution in [0.5, 0.6) is 0 Å². The van der Waals surface area contributed by atoms with Crippen LogP contribution < -0.4 is 10.6 Å². The number of carbonyl (C=O) groups is 1. The van der Waals surface area contributed by atoms with Crippen LogP contribution in [-0.4, -0.2) is 28.8 Å². The predicted molar refractivity (Wildman–Crippen MR) is 85.3 cm³/mol. The van der Waals surface area contributed by atoms with Gasteiger partial charge in [-0.2, -0.15) is 0 Å². The zero-order valence-electron chi connectivity index (χ0n) is 12.9. The summed E-state index contributed by atoms with van der Waals surface area (Å²) in [5.74, 6) is -0.450. The first-order chi connectivity index (χ1) is 11.1. The van der Waals surface area contributed by atoms with Crippen molar-refractivity contribution in [2.75, 3.05) is 6.61 Å². The van der Waals surface area contributed by atoms with Crippen molar-refractivity contribution < 1.29 is 14.3 Å². The number of carbonyl (C=O) groups excluding carboxylic acids is 1. The summed E-state index contributed by atoms with van der Waals surface area (Å²) in [7, 11) is 0. The molecule has 1 aromatic heterocycles. The number of aliphatic hydroxyl groups excluding tert-OH is 1. The molecule has 0 aliphatic rings. The molecule has 0 radical (unpaired) electrons. The summed E-state index contributed by atoms with van der Waals surface area (Å²) < 4.78 is 13.1. The fourth-order valence-electron chi connectivity index (χ4n) is 2.23. The lowest BCUT2D eigenvalue weighted by Gasteiger charge is -2.20. The third-order valence-electron chi connectivity index (χ3n) is 3.45. The summed E-state index contributed by atoms with van der Waals surface area (Å²) in [5.41, 5.74) is 1.60. The van der Waals surface area contributed by atoms with Crippen molar-refractivity contribution in [3.05, 3.63) is 65.7 Å². The second-order valence-electron chi connectivity index (χ2n) is 5.35. The van der Waals surface area contributed by atoms with Crippen molar-refractivity contribution in [2.45, 2.75) is 25.4 Å². The van der Waals surface area contributed by atoms with Crippen molar-refractivity contribution >= 4 is 6.03 Å². The van der Waals surface area contributed by atoms with E-state index in [0.717, 1.165) is 11.8 Å². The molecule has 3 N–H and O–H groups in total. The van der Waals surface area contributed by atoms with Crippen LogP contribution >= 0.6 is 0 Å². The molecule has 23 heavy (non-hydrogen) atoms. The van der Waals surface area contributed by atoms with Gasteiger partial charge in [0.1, 0.15) is 5.82 Å². The average Bonchev–Trinajstić information content (AvgIpc) is 2.55. The predicted octanol–water partition coefficient (Wildman–Crippen LogP) is 2.18. The number of rotatable bonds is 6. The summed E-state index contributed by atoms with van der Waals surface area (Å²) in [6.45, 7) is 1.57. The topological polar surface area (TPSA) is 74.2 Å². The molecule has 0 saturated heterocycles. The van der Waals surface area contributed by atoms with Crippen molar-refractivity contribution in [2.24, 2.45) is 0 Å². The molecule has 1 aromatic carbocycles. The Hall–Kier alpha value is -2.47. The Morgan fingerprint density at radius 3 is 2.65 bits per heavy atom. The summed E-state index contributed by atoms with van der Waals surface area (Å²) in [4.78, 5) is 15.8. The summed E-state index contributed by atoms with van der Waals surface area (Å²) in [6.07, 6.45) is 3.14. The molecular weight excluding hydrogens is 297 g/mol. The SMILES string of the molecule is CC(NC(=O)N[C@H](CO)Cc1ccccc1)c1cncc(F)c1. The highest BCUT2D eigenvalue weighted by Crippen LogP contribution is 2.11. The lowest BCUT2D eigenvalue weighted by molar-refractivity contribution is 0.213. The van der Waals surface area contributed by atoms with E-state index < -0.39 is 23.9 Å². The first kappa shape index (κ1) is 16.9. The van der Waals surface area contributed by atoms with E-state index in [-0.39, 0.29) is 6.61 Å². The molecule has 0 bridgehead atoms. The van der Waals surface area contributed by atoms with Gasteiger partial charge in [-0.1, -0.05) is 30.3 Å². The minimum absolute atomic E-state index is 0.168. The van der Waals surface area contributed by atoms with Crippen molar-refractivity contribution in [1.82, 2.24) is 15.6 Å². The number of urea groups is 1. The summed E-state index contributed by atoms with van der Waals surface area (Å²) in [5, 5.41) is 14.8. The standard InChI is InChI=1S/C17H20FN3O2/c1-12(14-8-15(18)10-19-9-14)20-17(23)21-16(11-22)7-13-5-3-2-4-6-13/h2-6,8-10,12,16,22H,7,11H2,1H3,(H2,20,21,23)/t12?,16-/m0/s1. The first-order valence-electron chi connectivity index (χ1n) is 7.40. The number of nitrogens with zero attached hydrogens (tertiary/aromatic N) is 1. The zero-order valence-corrected chi connectivity index (χ0v) is 12.9. The van der Waals surface area contributed by atoms with E-state index in [4.69, 9.17) is 0 Å². The molecule has 0 aliphatic heterocycles. The van der Waals surface area contributed by atoms with Crippen LogP contribution in [0, 0.1) is 5.82 Å². The van der Waals surface area contributed by atoms with E-state index in [1.807, 2.05) is 30.3 Å². The molecule has 5 nitrogen and oxygen atoms in total. The Bertz CT molecular complexity index is 637. The molecule has 2 amide bonds. The largest absolute Gasteiger partial charge is 0.394 e. The number of halogens is 1. The number of benzene rings is 1.